The molecule has 0 unspecified atom stereocenters. The summed E-state index contributed by atoms with van der Waals surface area (Å²) in [6.07, 6.45) is 7.19. The Hall–Kier alpha value is -3.85. The normalized spacial score (nSPS) is 11.7. The molecule has 0 aliphatic carbocycles. The van der Waals surface area contributed by atoms with E-state index in [1.807, 2.05) is 37.0 Å². The molecule has 2 N–H and O–H groups in total. The Kier molecular flexibility index (Phi) is 3.81. The molecule has 0 aliphatic heterocycles. The van der Waals surface area contributed by atoms with Crippen molar-refractivity contribution in [1.82, 2.24) is 34.7 Å². The molecule has 152 valence electrons. The molecule has 0 spiro atoms. The number of hydrogen-bond donors (Lipinski definition) is 2. The topological polar surface area (TPSA) is 88.1 Å². The van der Waals surface area contributed by atoms with Crippen molar-refractivity contribution in [3.8, 4) is 33.1 Å². The first-order chi connectivity index (χ1) is 15.1. The van der Waals surface area contributed by atoms with Crippen molar-refractivity contribution >= 4 is 33.3 Å². The number of halogens is 1. The average molecular weight is 429 g/mol. The molecule has 9 heteroatoms. The van der Waals surface area contributed by atoms with Gasteiger partial charge in [-0.3, -0.25) is 10.1 Å². The third kappa shape index (κ3) is 2.77. The summed E-state index contributed by atoms with van der Waals surface area (Å²) in [7, 11) is 1.98. The summed E-state index contributed by atoms with van der Waals surface area (Å²) in [6, 6.07) is 7.34. The predicted octanol–water partition coefficient (Wildman–Crippen LogP) is 5.08. The molecule has 0 radical (unpaired) electrons. The monoisotopic (exact) mass is 429 g/mol. The number of fused-ring (bicyclic) bond motifs is 2. The molecule has 7 nitrogen and oxygen atoms in total. The summed E-state index contributed by atoms with van der Waals surface area (Å²) in [6.45, 7) is 1.97. The minimum absolute atomic E-state index is 0.218. The van der Waals surface area contributed by atoms with Crippen LogP contribution in [-0.2, 0) is 7.05 Å². The number of aromatic amines is 2. The Labute approximate surface area is 179 Å². The van der Waals surface area contributed by atoms with E-state index in [1.165, 1.54) is 6.07 Å². The zero-order valence-corrected chi connectivity index (χ0v) is 17.5. The van der Waals surface area contributed by atoms with Crippen LogP contribution in [0.3, 0.4) is 0 Å². The molecule has 0 saturated heterocycles. The summed E-state index contributed by atoms with van der Waals surface area (Å²) >= 11 is 1.11. The second-order valence-electron chi connectivity index (χ2n) is 7.38. The number of pyridine rings is 2. The number of nitrogens with zero attached hydrogens (tertiary/aromatic N) is 5. The van der Waals surface area contributed by atoms with E-state index in [-0.39, 0.29) is 5.13 Å². The van der Waals surface area contributed by atoms with Crippen LogP contribution in [-0.4, -0.2) is 34.7 Å². The predicted molar refractivity (Wildman–Crippen MR) is 119 cm³/mol. The van der Waals surface area contributed by atoms with Crippen LogP contribution in [0.4, 0.5) is 4.39 Å². The van der Waals surface area contributed by atoms with Gasteiger partial charge in [0.15, 0.2) is 10.8 Å². The summed E-state index contributed by atoms with van der Waals surface area (Å²) in [5.74, 6) is 0.933. The highest BCUT2D eigenvalue weighted by Gasteiger charge is 2.16. The molecule has 6 aromatic rings. The van der Waals surface area contributed by atoms with Gasteiger partial charge in [-0.25, -0.2) is 9.97 Å². The molecule has 31 heavy (non-hydrogen) atoms. The average Bonchev–Trinajstić information content (AvgIpc) is 3.54. The molecule has 0 aliphatic rings. The van der Waals surface area contributed by atoms with Gasteiger partial charge in [0.25, 0.3) is 0 Å². The number of hydrogen-bond acceptors (Lipinski definition) is 5. The lowest BCUT2D eigenvalue weighted by atomic mass is 10.1. The number of aryl methyl sites for hydroxylation is 1. The van der Waals surface area contributed by atoms with Gasteiger partial charge in [0, 0.05) is 46.2 Å². The second-order valence-corrected chi connectivity index (χ2v) is 8.41. The number of thiophene rings is 1. The molecule has 0 bridgehead atoms. The van der Waals surface area contributed by atoms with Crippen LogP contribution in [0.25, 0.3) is 55.0 Å². The molecule has 0 amide bonds. The van der Waals surface area contributed by atoms with Crippen LogP contribution < -0.4 is 0 Å². The van der Waals surface area contributed by atoms with E-state index < -0.39 is 0 Å². The van der Waals surface area contributed by atoms with E-state index in [2.05, 4.69) is 36.2 Å². The van der Waals surface area contributed by atoms with Gasteiger partial charge in [0.1, 0.15) is 11.5 Å². The minimum atomic E-state index is -0.218. The zero-order chi connectivity index (χ0) is 21.1. The van der Waals surface area contributed by atoms with Gasteiger partial charge in [-0.2, -0.15) is 9.49 Å². The lowest BCUT2D eigenvalue weighted by Gasteiger charge is -2.04. The van der Waals surface area contributed by atoms with Crippen LogP contribution in [0, 0.1) is 12.1 Å². The number of H-pyrrole nitrogens is 2. The minimum Gasteiger partial charge on any atom is -0.352 e. The van der Waals surface area contributed by atoms with E-state index >= 15 is 0 Å². The van der Waals surface area contributed by atoms with Crippen molar-refractivity contribution in [2.45, 2.75) is 6.92 Å². The zero-order valence-electron chi connectivity index (χ0n) is 16.6. The van der Waals surface area contributed by atoms with Crippen LogP contribution >= 0.6 is 11.3 Å². The van der Waals surface area contributed by atoms with E-state index in [0.717, 1.165) is 66.5 Å². The Morgan fingerprint density at radius 2 is 1.94 bits per heavy atom. The maximum absolute atomic E-state index is 13.6. The lowest BCUT2D eigenvalue weighted by Crippen LogP contribution is -1.94. The fourth-order valence-electron chi connectivity index (χ4n) is 3.85. The number of imidazole rings is 1. The summed E-state index contributed by atoms with van der Waals surface area (Å²) in [5.41, 5.74) is 6.01. The van der Waals surface area contributed by atoms with Gasteiger partial charge in [-0.15, -0.1) is 11.3 Å². The van der Waals surface area contributed by atoms with Crippen LogP contribution in [0.2, 0.25) is 0 Å². The largest absolute Gasteiger partial charge is 0.352 e. The fourth-order valence-corrected chi connectivity index (χ4v) is 4.61. The van der Waals surface area contributed by atoms with Crippen LogP contribution in [0.1, 0.15) is 5.82 Å². The van der Waals surface area contributed by atoms with Gasteiger partial charge in [0.05, 0.1) is 29.3 Å². The van der Waals surface area contributed by atoms with Crippen LogP contribution in [0.15, 0.2) is 49.1 Å². The van der Waals surface area contributed by atoms with E-state index in [0.29, 0.717) is 5.65 Å². The van der Waals surface area contributed by atoms with Crippen molar-refractivity contribution < 1.29 is 4.39 Å². The second kappa shape index (κ2) is 6.58. The van der Waals surface area contributed by atoms with Gasteiger partial charge in [-0.05, 0) is 31.2 Å². The first-order valence-corrected chi connectivity index (χ1v) is 10.5. The molecule has 0 aromatic carbocycles. The van der Waals surface area contributed by atoms with Crippen molar-refractivity contribution in [3.05, 3.63) is 60.0 Å². The van der Waals surface area contributed by atoms with Gasteiger partial charge < -0.3 is 9.55 Å². The summed E-state index contributed by atoms with van der Waals surface area (Å²) < 4.78 is 15.6. The molecule has 6 aromatic heterocycles. The van der Waals surface area contributed by atoms with Gasteiger partial charge >= 0.3 is 0 Å². The van der Waals surface area contributed by atoms with Crippen molar-refractivity contribution in [2.24, 2.45) is 7.05 Å². The Morgan fingerprint density at radius 1 is 1.03 bits per heavy atom. The highest BCUT2D eigenvalue weighted by molar-refractivity contribution is 7.14. The maximum atomic E-state index is 13.6. The maximum Gasteiger partial charge on any atom is 0.176 e. The first kappa shape index (κ1) is 18.0. The molecule has 0 fully saturated rings. The molecule has 0 atom stereocenters. The van der Waals surface area contributed by atoms with E-state index in [4.69, 9.17) is 0 Å². The third-order valence-corrected chi connectivity index (χ3v) is 6.48. The molecular weight excluding hydrogens is 413 g/mol. The highest BCUT2D eigenvalue weighted by atomic mass is 32.1. The lowest BCUT2D eigenvalue weighted by molar-refractivity contribution is 0.657. The number of nitrogens with one attached hydrogen (secondary N) is 2. The van der Waals surface area contributed by atoms with E-state index in [9.17, 15) is 4.39 Å². The highest BCUT2D eigenvalue weighted by Crippen LogP contribution is 2.36. The molecular formula is C22H16FN7S. The van der Waals surface area contributed by atoms with Crippen molar-refractivity contribution in [3.63, 3.8) is 0 Å². The van der Waals surface area contributed by atoms with Crippen molar-refractivity contribution in [1.29, 1.82) is 0 Å². The molecule has 6 heterocycles. The smallest absolute Gasteiger partial charge is 0.176 e. The van der Waals surface area contributed by atoms with Crippen molar-refractivity contribution in [2.75, 3.05) is 0 Å². The summed E-state index contributed by atoms with van der Waals surface area (Å²) in [5, 5.41) is 9.18. The number of aromatic nitrogens is 7. The van der Waals surface area contributed by atoms with Crippen LogP contribution in [0.5, 0.6) is 0 Å². The van der Waals surface area contributed by atoms with Gasteiger partial charge in [0.2, 0.25) is 0 Å². The Morgan fingerprint density at radius 3 is 2.71 bits per heavy atom. The molecule has 0 saturated carbocycles. The third-order valence-electron chi connectivity index (χ3n) is 5.57. The summed E-state index contributed by atoms with van der Waals surface area (Å²) in [4.78, 5) is 17.5. The van der Waals surface area contributed by atoms with Gasteiger partial charge in [-0.1, -0.05) is 0 Å². The first-order valence-electron chi connectivity index (χ1n) is 9.64. The SMILES string of the molecule is Cc1ncc(-c2cnc3[nH]nc(-c4cc5c(-c6ccc(F)s6)cncc5[nH]4)c3c2)n1C. The Balaban J connectivity index is 1.52. The standard InChI is InChI=1S/C22H16FN7S/c1-11-25-10-18(30(11)2)12-5-14-21(28-29-22(14)26-7-12)16-6-13-15(8-24-9-17(13)27-16)19-3-4-20(23)31-19/h3-10,27H,1-2H3,(H,26,28,29). The Bertz CT molecular complexity index is 1590. The fraction of sp³-hybridized carbons (Fsp3) is 0.0909. The molecule has 6 rings (SSSR count). The number of rotatable bonds is 3. The quantitative estimate of drug-likeness (QED) is 0.411. The van der Waals surface area contributed by atoms with E-state index in [1.54, 1.807) is 18.5 Å².